The van der Waals surface area contributed by atoms with E-state index in [9.17, 15) is 28.9 Å². The molecule has 31 heteroatoms. The summed E-state index contributed by atoms with van der Waals surface area (Å²) in [6.45, 7) is 9.29. The Balaban J connectivity index is 0.000000252. The van der Waals surface area contributed by atoms with Gasteiger partial charge in [0, 0.05) is 14.1 Å². The monoisotopic (exact) mass is 1150 g/mol. The number of aryl methyl sites for hydroxylation is 1. The van der Waals surface area contributed by atoms with Crippen molar-refractivity contribution in [2.75, 3.05) is 56.9 Å². The van der Waals surface area contributed by atoms with Crippen molar-refractivity contribution in [3.05, 3.63) is 79.1 Å². The first kappa shape index (κ1) is 61.7. The Bertz CT molecular complexity index is 2920. The number of nitrogens with one attached hydrogen (secondary N) is 4. The van der Waals surface area contributed by atoms with E-state index in [0.717, 1.165) is 6.92 Å². The molecule has 4 aromatic heterocycles. The van der Waals surface area contributed by atoms with Crippen LogP contribution in [0.5, 0.6) is 11.5 Å². The SMILES string of the molecule is C.CCOC(=O)[C@H](C)N[P@@](=O)(OC[C@H]1O[C@@H](n2cnc3c(NC)nc(N)nc32)[C@](C)(F)[C@@H]1O)Oc1ccccc1.CCOC(=O)[C@H](C)N[P@](=O)(OC[C@H]1O[C@@H](n2cnc3c(NC)nc(C)nc32)[C@](C)(F)[C@@H]1O)Oc1ccccc1. The first-order valence-corrected chi connectivity index (χ1v) is 27.5. The zero-order valence-electron chi connectivity index (χ0n) is 44.0. The largest absolute Gasteiger partial charge is 0.465 e. The van der Waals surface area contributed by atoms with Crippen LogP contribution in [0.2, 0.25) is 0 Å². The first-order chi connectivity index (χ1) is 37.0. The Morgan fingerprint density at radius 3 is 1.49 bits per heavy atom. The third-order valence-corrected chi connectivity index (χ3v) is 15.4. The Hall–Kier alpha value is -6.52. The number of aliphatic hydroxyl groups excluding tert-OH is 2. The van der Waals surface area contributed by atoms with Gasteiger partial charge in [0.2, 0.25) is 5.95 Å². The van der Waals surface area contributed by atoms with Gasteiger partial charge in [-0.05, 0) is 72.7 Å². The highest BCUT2D eigenvalue weighted by molar-refractivity contribution is 7.52. The van der Waals surface area contributed by atoms with Crippen LogP contribution in [0, 0.1) is 6.92 Å². The van der Waals surface area contributed by atoms with E-state index >= 15 is 8.78 Å². The molecule has 0 amide bonds. The number of fused-ring (bicyclic) bond motifs is 2. The van der Waals surface area contributed by atoms with Crippen molar-refractivity contribution in [3.8, 4) is 11.5 Å². The van der Waals surface area contributed by atoms with Gasteiger partial charge in [-0.25, -0.2) is 37.8 Å². The number of halogens is 2. The molecule has 12 atom stereocenters. The summed E-state index contributed by atoms with van der Waals surface area (Å²) >= 11 is 0. The van der Waals surface area contributed by atoms with Crippen molar-refractivity contribution in [3.63, 3.8) is 0 Å². The highest BCUT2D eigenvalue weighted by atomic mass is 31.2. The van der Waals surface area contributed by atoms with Gasteiger partial charge in [-0.3, -0.25) is 27.8 Å². The van der Waals surface area contributed by atoms with E-state index in [1.54, 1.807) is 95.5 Å². The molecule has 2 fully saturated rings. The zero-order valence-corrected chi connectivity index (χ0v) is 45.8. The van der Waals surface area contributed by atoms with Crippen LogP contribution < -0.4 is 35.6 Å². The van der Waals surface area contributed by atoms with Crippen LogP contribution in [-0.4, -0.2) is 150 Å². The number of anilines is 3. The molecule has 2 saturated heterocycles. The molecule has 0 spiro atoms. The van der Waals surface area contributed by atoms with Crippen LogP contribution in [0.3, 0.4) is 0 Å². The molecule has 6 heterocycles. The lowest BCUT2D eigenvalue weighted by molar-refractivity contribution is -0.145. The number of aromatic nitrogens is 8. The van der Waals surface area contributed by atoms with Gasteiger partial charge in [0.05, 0.1) is 39.1 Å². The highest BCUT2D eigenvalue weighted by Gasteiger charge is 2.57. The Labute approximate surface area is 453 Å². The average Bonchev–Trinajstić information content (AvgIpc) is 4.34. The number of ether oxygens (including phenoxy) is 4. The van der Waals surface area contributed by atoms with E-state index in [4.69, 9.17) is 42.8 Å². The van der Waals surface area contributed by atoms with Crippen LogP contribution in [0.25, 0.3) is 22.3 Å². The van der Waals surface area contributed by atoms with Crippen molar-refractivity contribution >= 4 is 67.3 Å². The number of hydrogen-bond acceptors (Lipinski definition) is 23. The summed E-state index contributed by atoms with van der Waals surface area (Å²) < 4.78 is 106. The van der Waals surface area contributed by atoms with Crippen molar-refractivity contribution in [2.45, 2.75) is 116 Å². The minimum absolute atomic E-state index is 0. The van der Waals surface area contributed by atoms with Crippen LogP contribution >= 0.6 is 15.5 Å². The number of esters is 2. The molecule has 0 bridgehead atoms. The van der Waals surface area contributed by atoms with E-state index in [1.165, 1.54) is 42.6 Å². The van der Waals surface area contributed by atoms with Crippen molar-refractivity contribution in [1.82, 2.24) is 49.2 Å². The van der Waals surface area contributed by atoms with Gasteiger partial charge in [-0.1, -0.05) is 43.8 Å². The standard InChI is InChI=1S/C24H32FN6O7P.C23H31FN7O7P.CH4/c1-6-35-22(33)14(2)30-39(34,38-16-10-8-7-9-11-16)36-12-17-19(32)24(4,25)23(37-17)31-13-27-18-20(26-5)28-15(3)29-21(18)31;1-5-35-20(33)13(2)30-39(34,38-14-9-7-6-8-10-14)36-11-15-17(32)23(3,24)21(37-15)31-12-27-16-18(26-4)28-22(25)29-19(16)31;/h7-11,13-14,17,19,23,32H,6,12H2,1-5H3,(H,30,34)(H,26,28,29);6-10,12-13,15,17,21,32H,5,11H2,1-4H3,(H,30,34)(H3,25,26,28,29);1H4/t14-,17+,19+,23+,24+,39-;13-,15+,17+,21+,23+,39+;/m00./s1. The molecule has 432 valence electrons. The molecule has 0 saturated carbocycles. The van der Waals surface area contributed by atoms with Crippen LogP contribution in [0.1, 0.15) is 67.2 Å². The maximum absolute atomic E-state index is 15.9. The van der Waals surface area contributed by atoms with Crippen molar-refractivity contribution < 1.29 is 74.8 Å². The highest BCUT2D eigenvalue weighted by Crippen LogP contribution is 2.50. The van der Waals surface area contributed by atoms with Gasteiger partial charge in [0.1, 0.15) is 53.8 Å². The summed E-state index contributed by atoms with van der Waals surface area (Å²) in [5.74, 6) is 0.171. The summed E-state index contributed by atoms with van der Waals surface area (Å²) in [4.78, 5) is 49.7. The van der Waals surface area contributed by atoms with Crippen LogP contribution in [0.15, 0.2) is 73.3 Å². The molecule has 0 unspecified atom stereocenters. The maximum atomic E-state index is 15.9. The van der Waals surface area contributed by atoms with E-state index in [1.807, 2.05) is 0 Å². The van der Waals surface area contributed by atoms with E-state index < -0.39 is 101 Å². The first-order valence-electron chi connectivity index (χ1n) is 24.5. The fraction of sp³-hybridized carbons (Fsp3) is 0.500. The Kier molecular flexibility index (Phi) is 20.1. The second kappa shape index (κ2) is 25.7. The quantitative estimate of drug-likeness (QED) is 0.0315. The number of imidazole rings is 2. The summed E-state index contributed by atoms with van der Waals surface area (Å²) in [6.07, 6.45) is -6.04. The maximum Gasteiger partial charge on any atom is 0.459 e. The number of aliphatic hydroxyl groups is 2. The topological polar surface area (TPSA) is 344 Å². The summed E-state index contributed by atoms with van der Waals surface area (Å²) in [6, 6.07) is 14.2. The van der Waals surface area contributed by atoms with Gasteiger partial charge >= 0.3 is 27.4 Å². The number of nitrogen functional groups attached to an aromatic ring is 1. The molecule has 0 aliphatic carbocycles. The third kappa shape index (κ3) is 13.9. The average molecular weight is 1150 g/mol. The lowest BCUT2D eigenvalue weighted by Crippen LogP contribution is -2.41. The van der Waals surface area contributed by atoms with Gasteiger partial charge in [-0.15, -0.1) is 0 Å². The van der Waals surface area contributed by atoms with Gasteiger partial charge in [-0.2, -0.15) is 20.1 Å². The second-order valence-corrected chi connectivity index (χ2v) is 21.4. The number of carbonyl (C=O) groups is 2. The molecule has 6 aromatic rings. The van der Waals surface area contributed by atoms with Gasteiger partial charge in [0.15, 0.2) is 57.8 Å². The zero-order chi connectivity index (χ0) is 56.7. The molecule has 2 aromatic carbocycles. The Morgan fingerprint density at radius 1 is 0.709 bits per heavy atom. The Morgan fingerprint density at radius 2 is 1.10 bits per heavy atom. The number of alkyl halides is 2. The van der Waals surface area contributed by atoms with Crippen molar-refractivity contribution in [1.29, 1.82) is 0 Å². The molecule has 8 N–H and O–H groups in total. The minimum atomic E-state index is -4.26. The van der Waals surface area contributed by atoms with Gasteiger partial charge in [0.25, 0.3) is 0 Å². The predicted molar refractivity (Wildman–Crippen MR) is 284 cm³/mol. The molecule has 2 aliphatic rings. The van der Waals surface area contributed by atoms with Crippen LogP contribution in [0.4, 0.5) is 26.4 Å². The molecule has 8 rings (SSSR count). The van der Waals surface area contributed by atoms with E-state index in [2.05, 4.69) is 50.7 Å². The second-order valence-electron chi connectivity index (χ2n) is 18.0. The molecule has 79 heavy (non-hydrogen) atoms. The number of hydrogen-bond donors (Lipinski definition) is 7. The fourth-order valence-corrected chi connectivity index (χ4v) is 11.2. The normalized spacial score (nSPS) is 24.9. The third-order valence-electron chi connectivity index (χ3n) is 12.1. The molecule has 0 radical (unpaired) electrons. The predicted octanol–water partition coefficient (Wildman–Crippen LogP) is 5.73. The van der Waals surface area contributed by atoms with E-state index in [0.29, 0.717) is 34.1 Å². The number of nitrogens with zero attached hydrogens (tertiary/aromatic N) is 8. The van der Waals surface area contributed by atoms with Gasteiger partial charge < -0.3 is 54.6 Å². The molecule has 27 nitrogen and oxygen atoms in total. The number of benzene rings is 2. The number of nitrogens with two attached hydrogens (primary N) is 1. The molecular formula is C48H67F2N13O14P2. The number of rotatable bonds is 22. The van der Waals surface area contributed by atoms with E-state index in [-0.39, 0.29) is 43.7 Å². The summed E-state index contributed by atoms with van der Waals surface area (Å²) in [5, 5.41) is 32.5. The number of para-hydroxylation sites is 2. The summed E-state index contributed by atoms with van der Waals surface area (Å²) in [7, 11) is -5.21. The summed E-state index contributed by atoms with van der Waals surface area (Å²) in [5.41, 5.74) is 2.33. The minimum Gasteiger partial charge on any atom is -0.465 e. The smallest absolute Gasteiger partial charge is 0.459 e. The lowest BCUT2D eigenvalue weighted by Gasteiger charge is -2.25. The molecular weight excluding hydrogens is 1080 g/mol. The van der Waals surface area contributed by atoms with Crippen LogP contribution in [-0.2, 0) is 46.7 Å². The fourth-order valence-electron chi connectivity index (χ4n) is 8.23. The van der Waals surface area contributed by atoms with Crippen molar-refractivity contribution in [2.24, 2.45) is 0 Å². The lowest BCUT2D eigenvalue weighted by atomic mass is 9.98. The number of carbonyl (C=O) groups excluding carboxylic acids is 2. The molecule has 2 aliphatic heterocycles.